The molecule has 9 rings (SSSR count). The monoisotopic (exact) mass is 570 g/mol. The fraction of sp³-hybridized carbons (Fsp3) is 0. The largest absolute Gasteiger partial charge is 0.135 e. The van der Waals surface area contributed by atoms with E-state index in [2.05, 4.69) is 48.5 Å². The maximum absolute atomic E-state index is 9.16. The van der Waals surface area contributed by atoms with Gasteiger partial charge in [0.25, 0.3) is 0 Å². The maximum Gasteiger partial charge on any atom is 0.0629 e. The molecule has 1 heterocycles. The van der Waals surface area contributed by atoms with Crippen LogP contribution >= 0.6 is 11.3 Å². The summed E-state index contributed by atoms with van der Waals surface area (Å²) in [7, 11) is 0. The molecule has 200 valence electrons. The number of benzene rings is 8. The van der Waals surface area contributed by atoms with Crippen molar-refractivity contribution in [2.24, 2.45) is 0 Å². The van der Waals surface area contributed by atoms with E-state index in [9.17, 15) is 0 Å². The van der Waals surface area contributed by atoms with Crippen LogP contribution in [0.3, 0.4) is 0 Å². The molecule has 0 unspecified atom stereocenters. The summed E-state index contributed by atoms with van der Waals surface area (Å²) in [5.41, 5.74) is 3.85. The lowest BCUT2D eigenvalue weighted by Crippen LogP contribution is -1.90. The molecule has 0 atom stereocenters. The summed E-state index contributed by atoms with van der Waals surface area (Å²) in [5.74, 6) is 0. The smallest absolute Gasteiger partial charge is 0.0629 e. The average molecular weight is 571 g/mol. The van der Waals surface area contributed by atoms with Crippen molar-refractivity contribution < 1.29 is 11.0 Å². The van der Waals surface area contributed by atoms with E-state index in [0.717, 1.165) is 21.9 Å². The van der Waals surface area contributed by atoms with E-state index in [1.807, 2.05) is 36.4 Å². The molecule has 0 saturated carbocycles. The van der Waals surface area contributed by atoms with Crippen molar-refractivity contribution in [2.75, 3.05) is 0 Å². The van der Waals surface area contributed by atoms with Crippen LogP contribution in [-0.2, 0) is 0 Å². The lowest BCUT2D eigenvalue weighted by Gasteiger charge is -2.18. The SMILES string of the molecule is [2H]c1c([2H])c([2H])c2c(-c3ccc(-c4cccc5cc6c(cc45)sc4ccccc46)cc3)c3c([2H])c([2H])c([2H])c([2H])c3c(-c3ccccc3)c2c1[2H]. The van der Waals surface area contributed by atoms with Crippen LogP contribution in [0.15, 0.2) is 158 Å². The Bertz CT molecular complexity index is 2850. The Labute approximate surface area is 265 Å². The van der Waals surface area contributed by atoms with Crippen molar-refractivity contribution in [1.29, 1.82) is 0 Å². The number of hydrogen-bond donors (Lipinski definition) is 0. The minimum atomic E-state index is -0.409. The van der Waals surface area contributed by atoms with Crippen LogP contribution < -0.4 is 0 Å². The molecule has 0 amide bonds. The van der Waals surface area contributed by atoms with E-state index in [0.29, 0.717) is 22.3 Å². The predicted molar refractivity (Wildman–Crippen MR) is 188 cm³/mol. The third-order valence-electron chi connectivity index (χ3n) is 8.30. The summed E-state index contributed by atoms with van der Waals surface area (Å²) in [6.45, 7) is 0. The minimum Gasteiger partial charge on any atom is -0.135 e. The average Bonchev–Trinajstić information content (AvgIpc) is 3.53. The molecule has 43 heavy (non-hydrogen) atoms. The molecule has 0 saturated heterocycles. The third-order valence-corrected chi connectivity index (χ3v) is 9.43. The highest BCUT2D eigenvalue weighted by molar-refractivity contribution is 7.25. The van der Waals surface area contributed by atoms with Crippen LogP contribution in [-0.4, -0.2) is 0 Å². The second kappa shape index (κ2) is 9.66. The Morgan fingerprint density at radius 3 is 1.65 bits per heavy atom. The molecule has 1 heteroatoms. The van der Waals surface area contributed by atoms with Crippen molar-refractivity contribution in [3.05, 3.63) is 158 Å². The first kappa shape index (κ1) is 17.7. The van der Waals surface area contributed by atoms with Gasteiger partial charge in [0.15, 0.2) is 0 Å². The molecule has 0 fully saturated rings. The fourth-order valence-electron chi connectivity index (χ4n) is 6.37. The molecule has 0 radical (unpaired) electrons. The molecule has 1 aromatic heterocycles. The Morgan fingerprint density at radius 1 is 0.395 bits per heavy atom. The number of hydrogen-bond acceptors (Lipinski definition) is 1. The fourth-order valence-corrected chi connectivity index (χ4v) is 7.50. The molecule has 0 aliphatic heterocycles. The van der Waals surface area contributed by atoms with Gasteiger partial charge in [-0.3, -0.25) is 0 Å². The van der Waals surface area contributed by atoms with Gasteiger partial charge < -0.3 is 0 Å². The highest BCUT2D eigenvalue weighted by atomic mass is 32.1. The maximum atomic E-state index is 9.16. The summed E-state index contributed by atoms with van der Waals surface area (Å²) >= 11 is 1.77. The van der Waals surface area contributed by atoms with Gasteiger partial charge in [-0.2, -0.15) is 0 Å². The second-order valence-electron chi connectivity index (χ2n) is 10.7. The van der Waals surface area contributed by atoms with Gasteiger partial charge >= 0.3 is 0 Å². The first-order chi connectivity index (χ1) is 24.7. The van der Waals surface area contributed by atoms with E-state index >= 15 is 0 Å². The lowest BCUT2D eigenvalue weighted by atomic mass is 9.85. The normalized spacial score (nSPS) is 14.3. The summed E-state index contributed by atoms with van der Waals surface area (Å²) in [5, 5.41) is 5.54. The van der Waals surface area contributed by atoms with E-state index in [4.69, 9.17) is 11.0 Å². The van der Waals surface area contributed by atoms with Crippen LogP contribution in [0.2, 0.25) is 0 Å². The van der Waals surface area contributed by atoms with Crippen molar-refractivity contribution in [2.45, 2.75) is 0 Å². The number of fused-ring (bicyclic) bond motifs is 6. The van der Waals surface area contributed by atoms with E-state index in [1.54, 1.807) is 35.6 Å². The van der Waals surface area contributed by atoms with Crippen molar-refractivity contribution in [3.8, 4) is 33.4 Å². The number of rotatable bonds is 3. The van der Waals surface area contributed by atoms with Crippen molar-refractivity contribution in [3.63, 3.8) is 0 Å². The standard InChI is InChI=1S/C42H26S/c1-2-11-28(12-3-1)41-33-15-4-6-17-35(33)42(36-18-7-5-16-34(36)41)29-23-21-27(22-24-29)31-19-10-13-30-25-38-32-14-8-9-20-39(32)43-40(38)26-37(30)31/h1-26H/i4D,5D,6D,7D,15D,16D,17D,18D. The van der Waals surface area contributed by atoms with Gasteiger partial charge in [-0.1, -0.05) is 139 Å². The molecule has 0 nitrogen and oxygen atoms in total. The Balaban J connectivity index is 1.35. The van der Waals surface area contributed by atoms with Gasteiger partial charge in [0.1, 0.15) is 0 Å². The van der Waals surface area contributed by atoms with Gasteiger partial charge in [-0.25, -0.2) is 0 Å². The van der Waals surface area contributed by atoms with Gasteiger partial charge in [0.05, 0.1) is 11.0 Å². The molecule has 9 aromatic rings. The molecular formula is C42H26S. The van der Waals surface area contributed by atoms with E-state index < -0.39 is 24.2 Å². The first-order valence-corrected chi connectivity index (χ1v) is 14.9. The second-order valence-corrected chi connectivity index (χ2v) is 11.8. The van der Waals surface area contributed by atoms with Crippen LogP contribution in [0.5, 0.6) is 0 Å². The highest BCUT2D eigenvalue weighted by Crippen LogP contribution is 2.44. The summed E-state index contributed by atoms with van der Waals surface area (Å²) < 4.78 is 73.5. The van der Waals surface area contributed by atoms with E-state index in [1.165, 1.54) is 20.2 Å². The van der Waals surface area contributed by atoms with Crippen LogP contribution in [0.25, 0.3) is 85.9 Å². The minimum absolute atomic E-state index is 0.211. The molecule has 0 spiro atoms. The van der Waals surface area contributed by atoms with E-state index in [-0.39, 0.29) is 45.7 Å². The predicted octanol–water partition coefficient (Wildman–Crippen LogP) is 12.5. The topological polar surface area (TPSA) is 0 Å². The lowest BCUT2D eigenvalue weighted by molar-refractivity contribution is 1.63. The highest BCUT2D eigenvalue weighted by Gasteiger charge is 2.17. The van der Waals surface area contributed by atoms with Gasteiger partial charge in [0, 0.05) is 20.2 Å². The van der Waals surface area contributed by atoms with Crippen molar-refractivity contribution in [1.82, 2.24) is 0 Å². The molecule has 0 aliphatic carbocycles. The Morgan fingerprint density at radius 2 is 0.977 bits per heavy atom. The zero-order valence-electron chi connectivity index (χ0n) is 30.8. The molecule has 0 aliphatic rings. The van der Waals surface area contributed by atoms with Gasteiger partial charge in [0.2, 0.25) is 0 Å². The summed E-state index contributed by atoms with van der Waals surface area (Å²) in [4.78, 5) is 0. The summed E-state index contributed by atoms with van der Waals surface area (Å²) in [6, 6.07) is 33.2. The Hall–Kier alpha value is -5.24. The van der Waals surface area contributed by atoms with Crippen molar-refractivity contribution >= 4 is 63.8 Å². The first-order valence-electron chi connectivity index (χ1n) is 18.1. The molecule has 8 aromatic carbocycles. The molecule has 0 bridgehead atoms. The quantitative estimate of drug-likeness (QED) is 0.185. The third kappa shape index (κ3) is 3.82. The van der Waals surface area contributed by atoms with Crippen LogP contribution in [0.1, 0.15) is 11.0 Å². The molecular weight excluding hydrogens is 537 g/mol. The zero-order chi connectivity index (χ0) is 35.3. The molecule has 0 N–H and O–H groups in total. The zero-order valence-corrected chi connectivity index (χ0v) is 23.6. The Kier molecular flexibility index (Phi) is 3.97. The van der Waals surface area contributed by atoms with Crippen LogP contribution in [0, 0.1) is 0 Å². The van der Waals surface area contributed by atoms with Crippen LogP contribution in [0.4, 0.5) is 0 Å². The number of thiophene rings is 1. The summed E-state index contributed by atoms with van der Waals surface area (Å²) in [6.07, 6.45) is 0. The van der Waals surface area contributed by atoms with Gasteiger partial charge in [-0.05, 0) is 83.9 Å². The van der Waals surface area contributed by atoms with Gasteiger partial charge in [-0.15, -0.1) is 11.3 Å².